The molecule has 120 valence electrons. The van der Waals surface area contributed by atoms with Crippen LogP contribution in [-0.4, -0.2) is 34.6 Å². The van der Waals surface area contributed by atoms with Crippen molar-refractivity contribution in [3.8, 4) is 5.69 Å². The van der Waals surface area contributed by atoms with Gasteiger partial charge in [-0.25, -0.2) is 4.98 Å². The Kier molecular flexibility index (Phi) is 4.41. The molecule has 2 aromatic rings. The van der Waals surface area contributed by atoms with Gasteiger partial charge >= 0.3 is 5.97 Å². The second-order valence-electron chi connectivity index (χ2n) is 5.71. The fourth-order valence-corrected chi connectivity index (χ4v) is 2.55. The van der Waals surface area contributed by atoms with Crippen molar-refractivity contribution in [2.75, 3.05) is 7.11 Å². The van der Waals surface area contributed by atoms with E-state index >= 15 is 0 Å². The Morgan fingerprint density at radius 2 is 2.09 bits per heavy atom. The van der Waals surface area contributed by atoms with E-state index in [1.807, 2.05) is 22.9 Å². The van der Waals surface area contributed by atoms with Crippen molar-refractivity contribution in [2.45, 2.75) is 25.3 Å². The highest BCUT2D eigenvalue weighted by Gasteiger charge is 2.34. The lowest BCUT2D eigenvalue weighted by Gasteiger charge is -2.17. The number of nitrogens with zero attached hydrogens (tertiary/aromatic N) is 2. The van der Waals surface area contributed by atoms with Gasteiger partial charge in [-0.15, -0.1) is 0 Å². The summed E-state index contributed by atoms with van der Waals surface area (Å²) in [6.45, 7) is 0. The van der Waals surface area contributed by atoms with Crippen molar-refractivity contribution in [2.24, 2.45) is 5.92 Å². The zero-order valence-corrected chi connectivity index (χ0v) is 12.9. The van der Waals surface area contributed by atoms with Crippen molar-refractivity contribution in [1.29, 1.82) is 0 Å². The van der Waals surface area contributed by atoms with Gasteiger partial charge in [-0.1, -0.05) is 0 Å². The summed E-state index contributed by atoms with van der Waals surface area (Å²) in [5, 5.41) is 2.96. The Morgan fingerprint density at radius 3 is 2.65 bits per heavy atom. The number of carbonyl (C=O) groups is 2. The second kappa shape index (κ2) is 6.64. The summed E-state index contributed by atoms with van der Waals surface area (Å²) < 4.78 is 6.57. The quantitative estimate of drug-likeness (QED) is 0.827. The van der Waals surface area contributed by atoms with E-state index in [1.165, 1.54) is 7.11 Å². The number of benzene rings is 1. The van der Waals surface area contributed by atoms with E-state index in [2.05, 4.69) is 10.3 Å². The molecule has 1 aromatic heterocycles. The largest absolute Gasteiger partial charge is 0.469 e. The monoisotopic (exact) mass is 313 g/mol. The van der Waals surface area contributed by atoms with Crippen LogP contribution in [0.5, 0.6) is 0 Å². The predicted octanol–water partition coefficient (Wildman–Crippen LogP) is 1.94. The normalized spacial score (nSPS) is 15.0. The number of imidazole rings is 1. The molecule has 1 saturated carbocycles. The number of ether oxygens (including phenoxy) is 1. The molecule has 6 nitrogen and oxygen atoms in total. The number of methoxy groups -OCH3 is 1. The molecule has 1 heterocycles. The van der Waals surface area contributed by atoms with Gasteiger partial charge in [0.05, 0.1) is 19.9 Å². The highest BCUT2D eigenvalue weighted by atomic mass is 16.5. The Labute approximate surface area is 134 Å². The first-order valence-corrected chi connectivity index (χ1v) is 7.63. The average Bonchev–Trinajstić information content (AvgIpc) is 3.28. The fraction of sp³-hybridized carbons (Fsp3) is 0.353. The van der Waals surface area contributed by atoms with Crippen LogP contribution in [0.3, 0.4) is 0 Å². The summed E-state index contributed by atoms with van der Waals surface area (Å²) in [6.07, 6.45) is 7.56. The molecule has 6 heteroatoms. The van der Waals surface area contributed by atoms with Gasteiger partial charge in [0, 0.05) is 29.7 Å². The van der Waals surface area contributed by atoms with Crippen LogP contribution in [0, 0.1) is 5.92 Å². The van der Waals surface area contributed by atoms with Crippen LogP contribution in [0.25, 0.3) is 5.69 Å². The fourth-order valence-electron chi connectivity index (χ4n) is 2.55. The molecule has 1 N–H and O–H groups in total. The van der Waals surface area contributed by atoms with E-state index in [1.54, 1.807) is 24.7 Å². The minimum absolute atomic E-state index is 0.150. The molecule has 1 fully saturated rings. The molecule has 0 radical (unpaired) electrons. The Morgan fingerprint density at radius 1 is 1.35 bits per heavy atom. The average molecular weight is 313 g/mol. The van der Waals surface area contributed by atoms with Gasteiger partial charge in [0.1, 0.15) is 0 Å². The number of rotatable bonds is 6. The predicted molar refractivity (Wildman–Crippen MR) is 84.2 cm³/mol. The molecule has 23 heavy (non-hydrogen) atoms. The van der Waals surface area contributed by atoms with E-state index in [4.69, 9.17) is 4.74 Å². The zero-order chi connectivity index (χ0) is 16.2. The van der Waals surface area contributed by atoms with Crippen molar-refractivity contribution in [3.05, 3.63) is 48.5 Å². The van der Waals surface area contributed by atoms with E-state index in [0.717, 1.165) is 18.5 Å². The Hall–Kier alpha value is -2.63. The van der Waals surface area contributed by atoms with Crippen molar-refractivity contribution in [3.63, 3.8) is 0 Å². The number of carbonyl (C=O) groups excluding carboxylic acids is 2. The van der Waals surface area contributed by atoms with E-state index in [9.17, 15) is 9.59 Å². The molecule has 0 unspecified atom stereocenters. The van der Waals surface area contributed by atoms with Gasteiger partial charge in [0.25, 0.3) is 5.91 Å². The number of nitrogens with one attached hydrogen (secondary N) is 1. The molecular formula is C17H19N3O3. The first kappa shape index (κ1) is 15.3. The molecule has 1 aromatic carbocycles. The van der Waals surface area contributed by atoms with Gasteiger partial charge in [0.2, 0.25) is 0 Å². The molecule has 1 aliphatic rings. The molecule has 3 rings (SSSR count). The molecule has 1 amide bonds. The molecule has 1 aliphatic carbocycles. The molecule has 0 aliphatic heterocycles. The van der Waals surface area contributed by atoms with Gasteiger partial charge < -0.3 is 14.6 Å². The molecule has 1 atom stereocenters. The molecule has 0 spiro atoms. The number of hydrogen-bond acceptors (Lipinski definition) is 4. The summed E-state index contributed by atoms with van der Waals surface area (Å²) in [7, 11) is 1.36. The van der Waals surface area contributed by atoms with Crippen LogP contribution in [-0.2, 0) is 9.53 Å². The minimum Gasteiger partial charge on any atom is -0.469 e. The highest BCUT2D eigenvalue weighted by Crippen LogP contribution is 2.34. The first-order valence-electron chi connectivity index (χ1n) is 7.63. The number of hydrogen-bond donors (Lipinski definition) is 1. The van der Waals surface area contributed by atoms with Crippen LogP contribution in [0.4, 0.5) is 0 Å². The van der Waals surface area contributed by atoms with E-state index in [0.29, 0.717) is 11.5 Å². The number of aromatic nitrogens is 2. The maximum absolute atomic E-state index is 12.4. The van der Waals surface area contributed by atoms with Crippen LogP contribution in [0.2, 0.25) is 0 Å². The third-order valence-electron chi connectivity index (χ3n) is 4.05. The van der Waals surface area contributed by atoms with Crippen molar-refractivity contribution >= 4 is 11.9 Å². The lowest BCUT2D eigenvalue weighted by Crippen LogP contribution is -2.38. The third kappa shape index (κ3) is 3.77. The minimum atomic E-state index is -0.294. The van der Waals surface area contributed by atoms with E-state index in [-0.39, 0.29) is 24.3 Å². The molecule has 0 saturated heterocycles. The zero-order valence-electron chi connectivity index (χ0n) is 12.9. The van der Waals surface area contributed by atoms with Crippen LogP contribution in [0.15, 0.2) is 43.0 Å². The summed E-state index contributed by atoms with van der Waals surface area (Å²) in [6, 6.07) is 7.12. The summed E-state index contributed by atoms with van der Waals surface area (Å²) in [5.74, 6) is -0.0797. The van der Waals surface area contributed by atoms with Gasteiger partial charge in [0.15, 0.2) is 0 Å². The number of amides is 1. The summed E-state index contributed by atoms with van der Waals surface area (Å²) in [5.41, 5.74) is 1.51. The topological polar surface area (TPSA) is 73.2 Å². The SMILES string of the molecule is COC(=O)C[C@@H](NC(=O)c1ccc(-n2ccnc2)cc1)C1CC1. The van der Waals surface area contributed by atoms with Crippen LogP contribution in [0.1, 0.15) is 29.6 Å². The molecular weight excluding hydrogens is 294 g/mol. The van der Waals surface area contributed by atoms with E-state index < -0.39 is 0 Å². The summed E-state index contributed by atoms with van der Waals surface area (Å²) in [4.78, 5) is 27.8. The third-order valence-corrected chi connectivity index (χ3v) is 4.05. The Bertz CT molecular complexity index is 676. The lowest BCUT2D eigenvalue weighted by molar-refractivity contribution is -0.141. The smallest absolute Gasteiger partial charge is 0.307 e. The van der Waals surface area contributed by atoms with Crippen molar-refractivity contribution in [1.82, 2.24) is 14.9 Å². The van der Waals surface area contributed by atoms with Crippen LogP contribution >= 0.6 is 0 Å². The second-order valence-corrected chi connectivity index (χ2v) is 5.71. The lowest BCUT2D eigenvalue weighted by atomic mass is 10.1. The maximum atomic E-state index is 12.4. The highest BCUT2D eigenvalue weighted by molar-refractivity contribution is 5.94. The van der Waals surface area contributed by atoms with Gasteiger partial charge in [-0.05, 0) is 43.0 Å². The van der Waals surface area contributed by atoms with Gasteiger partial charge in [-0.3, -0.25) is 9.59 Å². The van der Waals surface area contributed by atoms with Crippen LogP contribution < -0.4 is 5.32 Å². The molecule has 0 bridgehead atoms. The van der Waals surface area contributed by atoms with Gasteiger partial charge in [-0.2, -0.15) is 0 Å². The standard InChI is InChI=1S/C17H19N3O3/c1-23-16(21)10-15(12-2-3-12)19-17(22)13-4-6-14(7-5-13)20-9-8-18-11-20/h4-9,11-12,15H,2-3,10H2,1H3,(H,19,22)/t15-/m1/s1. The Balaban J connectivity index is 1.66. The summed E-state index contributed by atoms with van der Waals surface area (Å²) >= 11 is 0. The first-order chi connectivity index (χ1) is 11.2. The maximum Gasteiger partial charge on any atom is 0.307 e. The number of esters is 1. The van der Waals surface area contributed by atoms with Crippen molar-refractivity contribution < 1.29 is 14.3 Å².